The standard InChI is InChI=1S/C18H28N2O3/c1-4-5-11-20-18(2,3)17(22)15(19)12-16(21)23-13-14-9-7-6-8-10-14/h6-10,15,20H,4-5,11-13,19H2,1-3H3. The van der Waals surface area contributed by atoms with Gasteiger partial charge < -0.3 is 15.8 Å². The van der Waals surface area contributed by atoms with Crippen LogP contribution < -0.4 is 11.1 Å². The Morgan fingerprint density at radius 3 is 2.52 bits per heavy atom. The van der Waals surface area contributed by atoms with Crippen molar-refractivity contribution in [3.63, 3.8) is 0 Å². The zero-order valence-corrected chi connectivity index (χ0v) is 14.3. The molecule has 0 amide bonds. The third-order valence-corrected chi connectivity index (χ3v) is 3.68. The van der Waals surface area contributed by atoms with Crippen LogP contribution in [0, 0.1) is 0 Å². The van der Waals surface area contributed by atoms with Crippen LogP contribution in [0.25, 0.3) is 0 Å². The number of nitrogens with one attached hydrogen (secondary N) is 1. The molecule has 128 valence electrons. The van der Waals surface area contributed by atoms with Gasteiger partial charge in [0.15, 0.2) is 5.78 Å². The zero-order chi connectivity index (χ0) is 17.3. The molecule has 0 aromatic heterocycles. The van der Waals surface area contributed by atoms with Crippen molar-refractivity contribution in [1.82, 2.24) is 5.32 Å². The molecule has 5 nitrogen and oxygen atoms in total. The number of nitrogens with two attached hydrogens (primary N) is 1. The van der Waals surface area contributed by atoms with Gasteiger partial charge in [0, 0.05) is 0 Å². The van der Waals surface area contributed by atoms with Crippen LogP contribution in [-0.2, 0) is 20.9 Å². The molecule has 1 unspecified atom stereocenters. The minimum Gasteiger partial charge on any atom is -0.461 e. The highest BCUT2D eigenvalue weighted by molar-refractivity contribution is 5.94. The van der Waals surface area contributed by atoms with Gasteiger partial charge in [-0.2, -0.15) is 0 Å². The molecule has 0 aliphatic carbocycles. The van der Waals surface area contributed by atoms with Crippen molar-refractivity contribution in [3.05, 3.63) is 35.9 Å². The van der Waals surface area contributed by atoms with E-state index in [9.17, 15) is 9.59 Å². The lowest BCUT2D eigenvalue weighted by molar-refractivity contribution is -0.147. The summed E-state index contributed by atoms with van der Waals surface area (Å²) in [5.74, 6) is -0.635. The minimum absolute atomic E-state index is 0.107. The molecule has 0 heterocycles. The highest BCUT2D eigenvalue weighted by Crippen LogP contribution is 2.10. The van der Waals surface area contributed by atoms with Gasteiger partial charge in [0.05, 0.1) is 18.0 Å². The van der Waals surface area contributed by atoms with Gasteiger partial charge in [-0.15, -0.1) is 0 Å². The Kier molecular flexibility index (Phi) is 7.92. The second-order valence-electron chi connectivity index (χ2n) is 6.23. The maximum atomic E-state index is 12.4. The molecule has 0 aliphatic heterocycles. The lowest BCUT2D eigenvalue weighted by atomic mass is 9.92. The lowest BCUT2D eigenvalue weighted by Crippen LogP contribution is -2.54. The van der Waals surface area contributed by atoms with Crippen LogP contribution in [0.15, 0.2) is 30.3 Å². The molecule has 23 heavy (non-hydrogen) atoms. The van der Waals surface area contributed by atoms with E-state index in [4.69, 9.17) is 10.5 Å². The van der Waals surface area contributed by atoms with Crippen molar-refractivity contribution in [2.75, 3.05) is 6.54 Å². The number of benzene rings is 1. The maximum absolute atomic E-state index is 12.4. The van der Waals surface area contributed by atoms with Gasteiger partial charge in [0.1, 0.15) is 6.61 Å². The molecule has 1 rings (SSSR count). The van der Waals surface area contributed by atoms with Crippen molar-refractivity contribution in [2.45, 2.75) is 58.2 Å². The summed E-state index contributed by atoms with van der Waals surface area (Å²) in [6, 6.07) is 8.54. The van der Waals surface area contributed by atoms with E-state index in [1.165, 1.54) is 0 Å². The molecule has 1 aromatic carbocycles. The number of esters is 1. The van der Waals surface area contributed by atoms with Crippen LogP contribution in [0.4, 0.5) is 0 Å². The smallest absolute Gasteiger partial charge is 0.308 e. The summed E-state index contributed by atoms with van der Waals surface area (Å²) >= 11 is 0. The Labute approximate surface area is 138 Å². The molecule has 0 saturated heterocycles. The quantitative estimate of drug-likeness (QED) is 0.510. The van der Waals surface area contributed by atoms with Crippen LogP contribution in [0.5, 0.6) is 0 Å². The monoisotopic (exact) mass is 320 g/mol. The van der Waals surface area contributed by atoms with Crippen molar-refractivity contribution in [3.8, 4) is 0 Å². The Hall–Kier alpha value is -1.72. The number of carbonyl (C=O) groups excluding carboxylic acids is 2. The molecule has 0 saturated carbocycles. The molecule has 0 aliphatic rings. The van der Waals surface area contributed by atoms with E-state index in [0.29, 0.717) is 0 Å². The van der Waals surface area contributed by atoms with Gasteiger partial charge in [-0.25, -0.2) is 0 Å². The predicted octanol–water partition coefficient (Wildman–Crippen LogP) is 2.18. The molecular weight excluding hydrogens is 292 g/mol. The van der Waals surface area contributed by atoms with Crippen molar-refractivity contribution >= 4 is 11.8 Å². The Bertz CT molecular complexity index is 500. The Morgan fingerprint density at radius 2 is 1.91 bits per heavy atom. The van der Waals surface area contributed by atoms with Gasteiger partial charge in [-0.05, 0) is 32.4 Å². The van der Waals surface area contributed by atoms with E-state index in [2.05, 4.69) is 12.2 Å². The fourth-order valence-electron chi connectivity index (χ4n) is 2.20. The van der Waals surface area contributed by atoms with E-state index in [0.717, 1.165) is 24.9 Å². The largest absolute Gasteiger partial charge is 0.461 e. The number of ketones is 1. The molecule has 1 aromatic rings. The summed E-state index contributed by atoms with van der Waals surface area (Å²) in [5, 5.41) is 3.19. The van der Waals surface area contributed by atoms with Gasteiger partial charge in [0.2, 0.25) is 0 Å². The number of ether oxygens (including phenoxy) is 1. The topological polar surface area (TPSA) is 81.4 Å². The second-order valence-corrected chi connectivity index (χ2v) is 6.23. The van der Waals surface area contributed by atoms with Crippen molar-refractivity contribution < 1.29 is 14.3 Å². The molecule has 0 bridgehead atoms. The molecule has 0 spiro atoms. The van der Waals surface area contributed by atoms with Crippen LogP contribution in [0.3, 0.4) is 0 Å². The maximum Gasteiger partial charge on any atom is 0.308 e. The third kappa shape index (κ3) is 6.93. The van der Waals surface area contributed by atoms with E-state index < -0.39 is 17.6 Å². The highest BCUT2D eigenvalue weighted by Gasteiger charge is 2.32. The van der Waals surface area contributed by atoms with Gasteiger partial charge in [0.25, 0.3) is 0 Å². The summed E-state index contributed by atoms with van der Waals surface area (Å²) in [7, 11) is 0. The minimum atomic E-state index is -0.859. The van der Waals surface area contributed by atoms with Gasteiger partial charge in [-0.3, -0.25) is 9.59 Å². The fourth-order valence-corrected chi connectivity index (χ4v) is 2.20. The summed E-state index contributed by atoms with van der Waals surface area (Å²) in [6.07, 6.45) is 1.94. The summed E-state index contributed by atoms with van der Waals surface area (Å²) in [4.78, 5) is 24.2. The molecular formula is C18H28N2O3. The number of rotatable bonds is 10. The SMILES string of the molecule is CCCCNC(C)(C)C(=O)C(N)CC(=O)OCc1ccccc1. The molecule has 3 N–H and O–H groups in total. The third-order valence-electron chi connectivity index (χ3n) is 3.68. The number of hydrogen-bond acceptors (Lipinski definition) is 5. The second kappa shape index (κ2) is 9.43. The van der Waals surface area contributed by atoms with Crippen molar-refractivity contribution in [2.24, 2.45) is 5.73 Å². The fraction of sp³-hybridized carbons (Fsp3) is 0.556. The van der Waals surface area contributed by atoms with Gasteiger partial charge >= 0.3 is 5.97 Å². The summed E-state index contributed by atoms with van der Waals surface area (Å²) in [6.45, 7) is 6.62. The van der Waals surface area contributed by atoms with Crippen LogP contribution in [0.1, 0.15) is 45.6 Å². The van der Waals surface area contributed by atoms with E-state index in [1.807, 2.05) is 30.3 Å². The number of Topliss-reactive ketones (excluding diaryl/α,β-unsaturated/α-hetero) is 1. The van der Waals surface area contributed by atoms with Crippen LogP contribution in [0.2, 0.25) is 0 Å². The van der Waals surface area contributed by atoms with E-state index in [-0.39, 0.29) is 18.8 Å². The highest BCUT2D eigenvalue weighted by atomic mass is 16.5. The molecule has 0 fully saturated rings. The number of carbonyl (C=O) groups is 2. The first-order valence-electron chi connectivity index (χ1n) is 8.11. The average Bonchev–Trinajstić information content (AvgIpc) is 2.53. The zero-order valence-electron chi connectivity index (χ0n) is 14.3. The average molecular weight is 320 g/mol. The first kappa shape index (κ1) is 19.3. The van der Waals surface area contributed by atoms with E-state index >= 15 is 0 Å². The summed E-state index contributed by atoms with van der Waals surface area (Å²) in [5.41, 5.74) is 6.05. The van der Waals surface area contributed by atoms with Crippen LogP contribution >= 0.6 is 0 Å². The normalized spacial score (nSPS) is 12.7. The molecule has 5 heteroatoms. The lowest BCUT2D eigenvalue weighted by Gasteiger charge is -2.27. The van der Waals surface area contributed by atoms with Crippen molar-refractivity contribution in [1.29, 1.82) is 0 Å². The van der Waals surface area contributed by atoms with E-state index in [1.54, 1.807) is 13.8 Å². The first-order valence-corrected chi connectivity index (χ1v) is 8.11. The number of hydrogen-bond donors (Lipinski definition) is 2. The Morgan fingerprint density at radius 1 is 1.26 bits per heavy atom. The van der Waals surface area contributed by atoms with Gasteiger partial charge in [-0.1, -0.05) is 43.7 Å². The molecule has 0 radical (unpaired) electrons. The predicted molar refractivity (Wildman–Crippen MR) is 90.8 cm³/mol. The Balaban J connectivity index is 2.42. The summed E-state index contributed by atoms with van der Waals surface area (Å²) < 4.78 is 5.17. The van der Waals surface area contributed by atoms with Crippen LogP contribution in [-0.4, -0.2) is 29.9 Å². The number of unbranched alkanes of at least 4 members (excludes halogenated alkanes) is 1. The first-order chi connectivity index (χ1) is 10.9. The molecule has 1 atom stereocenters.